The van der Waals surface area contributed by atoms with Crippen LogP contribution in [0.3, 0.4) is 0 Å². The van der Waals surface area contributed by atoms with E-state index in [1.807, 2.05) is 0 Å². The molecular weight excluding hydrogens is 475 g/mol. The van der Waals surface area contributed by atoms with E-state index >= 15 is 0 Å². The van der Waals surface area contributed by atoms with Crippen molar-refractivity contribution < 1.29 is 33.2 Å². The maximum absolute atomic E-state index is 13.2. The summed E-state index contributed by atoms with van der Waals surface area (Å²) in [4.78, 5) is 46.3. The molecule has 0 heterocycles. The summed E-state index contributed by atoms with van der Waals surface area (Å²) >= 11 is 0. The molecule has 0 saturated carbocycles. The molecular formula is C24H19FN4O7. The van der Waals surface area contributed by atoms with Gasteiger partial charge in [0.25, 0.3) is 17.5 Å². The summed E-state index contributed by atoms with van der Waals surface area (Å²) in [5, 5.41) is 16.9. The second kappa shape index (κ2) is 11.8. The van der Waals surface area contributed by atoms with Crippen molar-refractivity contribution in [2.75, 3.05) is 13.7 Å². The molecule has 0 aromatic heterocycles. The number of hydrazone groups is 1. The average molecular weight is 494 g/mol. The van der Waals surface area contributed by atoms with E-state index < -0.39 is 28.5 Å². The first-order chi connectivity index (χ1) is 17.3. The molecule has 36 heavy (non-hydrogen) atoms. The van der Waals surface area contributed by atoms with Gasteiger partial charge in [-0.2, -0.15) is 5.10 Å². The number of nitrogens with zero attached hydrogens (tertiary/aromatic N) is 2. The molecule has 2 N–H and O–H groups in total. The molecule has 0 unspecified atom stereocenters. The summed E-state index contributed by atoms with van der Waals surface area (Å²) in [5.41, 5.74) is 2.76. The summed E-state index contributed by atoms with van der Waals surface area (Å²) in [5.74, 6) is -2.24. The standard InChI is InChI=1S/C24H19FN4O7/c1-35-21-11-15(5-10-20(21)36-24(32)16-6-8-19(9-7-16)29(33)34)13-27-28-22(30)14-26-23(31)17-3-2-4-18(25)12-17/h2-13H,14H2,1H3,(H,26,31)(H,28,30). The van der Waals surface area contributed by atoms with Gasteiger partial charge < -0.3 is 14.8 Å². The van der Waals surface area contributed by atoms with Crippen LogP contribution >= 0.6 is 0 Å². The summed E-state index contributed by atoms with van der Waals surface area (Å²) in [6, 6.07) is 14.5. The van der Waals surface area contributed by atoms with Gasteiger partial charge >= 0.3 is 5.97 Å². The molecule has 184 valence electrons. The fraction of sp³-hybridized carbons (Fsp3) is 0.0833. The van der Waals surface area contributed by atoms with Gasteiger partial charge in [-0.1, -0.05) is 6.07 Å². The van der Waals surface area contributed by atoms with E-state index in [-0.39, 0.29) is 34.9 Å². The number of ether oxygens (including phenoxy) is 2. The van der Waals surface area contributed by atoms with E-state index in [0.717, 1.165) is 6.07 Å². The molecule has 0 aliphatic heterocycles. The fourth-order valence-electron chi connectivity index (χ4n) is 2.84. The number of halogens is 1. The minimum absolute atomic E-state index is 0.0766. The molecule has 0 aliphatic carbocycles. The van der Waals surface area contributed by atoms with Crippen molar-refractivity contribution in [2.24, 2.45) is 5.10 Å². The van der Waals surface area contributed by atoms with Crippen LogP contribution in [-0.2, 0) is 4.79 Å². The van der Waals surface area contributed by atoms with Crippen LogP contribution in [0.15, 0.2) is 71.8 Å². The van der Waals surface area contributed by atoms with E-state index in [9.17, 15) is 28.9 Å². The van der Waals surface area contributed by atoms with Crippen LogP contribution in [-0.4, -0.2) is 42.6 Å². The lowest BCUT2D eigenvalue weighted by molar-refractivity contribution is -0.384. The van der Waals surface area contributed by atoms with Crippen molar-refractivity contribution >= 4 is 29.7 Å². The number of hydrogen-bond donors (Lipinski definition) is 2. The summed E-state index contributed by atoms with van der Waals surface area (Å²) in [7, 11) is 1.36. The molecule has 0 spiro atoms. The van der Waals surface area contributed by atoms with Crippen LogP contribution in [0.5, 0.6) is 11.5 Å². The number of nitro groups is 1. The molecule has 0 radical (unpaired) electrons. The van der Waals surface area contributed by atoms with Crippen LogP contribution < -0.4 is 20.2 Å². The van der Waals surface area contributed by atoms with Crippen LogP contribution in [0.2, 0.25) is 0 Å². The van der Waals surface area contributed by atoms with Crippen LogP contribution in [0.4, 0.5) is 10.1 Å². The number of rotatable bonds is 9. The van der Waals surface area contributed by atoms with Crippen molar-refractivity contribution in [3.05, 3.63) is 99.4 Å². The molecule has 0 atom stereocenters. The van der Waals surface area contributed by atoms with Gasteiger partial charge in [0.1, 0.15) is 5.82 Å². The second-order valence-corrected chi connectivity index (χ2v) is 7.09. The van der Waals surface area contributed by atoms with E-state index in [4.69, 9.17) is 9.47 Å². The van der Waals surface area contributed by atoms with Gasteiger partial charge in [-0.25, -0.2) is 14.6 Å². The Bertz CT molecular complexity index is 1330. The van der Waals surface area contributed by atoms with Gasteiger partial charge in [-0.3, -0.25) is 19.7 Å². The van der Waals surface area contributed by atoms with Gasteiger partial charge in [-0.15, -0.1) is 0 Å². The lowest BCUT2D eigenvalue weighted by atomic mass is 10.2. The number of nitro benzene ring substituents is 1. The molecule has 3 rings (SSSR count). The zero-order valence-corrected chi connectivity index (χ0v) is 18.8. The van der Waals surface area contributed by atoms with Crippen molar-refractivity contribution in [3.8, 4) is 11.5 Å². The number of amides is 2. The Morgan fingerprint density at radius 3 is 2.44 bits per heavy atom. The Labute approximate surface area is 203 Å². The maximum atomic E-state index is 13.2. The summed E-state index contributed by atoms with van der Waals surface area (Å²) in [6.07, 6.45) is 1.30. The highest BCUT2D eigenvalue weighted by Gasteiger charge is 2.15. The summed E-state index contributed by atoms with van der Waals surface area (Å²) < 4.78 is 23.7. The Balaban J connectivity index is 1.55. The zero-order chi connectivity index (χ0) is 26.1. The first-order valence-corrected chi connectivity index (χ1v) is 10.3. The fourth-order valence-corrected chi connectivity index (χ4v) is 2.84. The van der Waals surface area contributed by atoms with Gasteiger partial charge in [0, 0.05) is 17.7 Å². The predicted molar refractivity (Wildman–Crippen MR) is 126 cm³/mol. The maximum Gasteiger partial charge on any atom is 0.343 e. The number of carbonyl (C=O) groups is 3. The van der Waals surface area contributed by atoms with E-state index in [2.05, 4.69) is 15.8 Å². The minimum atomic E-state index is -0.739. The largest absolute Gasteiger partial charge is 0.493 e. The number of non-ortho nitro benzene ring substituents is 1. The molecule has 12 heteroatoms. The van der Waals surface area contributed by atoms with Crippen LogP contribution in [0.1, 0.15) is 26.3 Å². The molecule has 0 bridgehead atoms. The molecule has 3 aromatic rings. The van der Waals surface area contributed by atoms with Gasteiger partial charge in [0.15, 0.2) is 11.5 Å². The summed E-state index contributed by atoms with van der Waals surface area (Å²) in [6.45, 7) is -0.381. The lowest BCUT2D eigenvalue weighted by Crippen LogP contribution is -2.34. The normalized spacial score (nSPS) is 10.5. The molecule has 0 saturated heterocycles. The van der Waals surface area contributed by atoms with Gasteiger partial charge in [-0.05, 0) is 54.1 Å². The first kappa shape index (κ1) is 25.5. The highest BCUT2D eigenvalue weighted by molar-refractivity contribution is 5.96. The van der Waals surface area contributed by atoms with Gasteiger partial charge in [0.2, 0.25) is 0 Å². The van der Waals surface area contributed by atoms with Gasteiger partial charge in [0.05, 0.1) is 30.4 Å². The molecule has 2 amide bonds. The lowest BCUT2D eigenvalue weighted by Gasteiger charge is -2.10. The third-order valence-corrected chi connectivity index (χ3v) is 4.60. The predicted octanol–water partition coefficient (Wildman–Crippen LogP) is 2.84. The molecule has 11 nitrogen and oxygen atoms in total. The van der Waals surface area contributed by atoms with E-state index in [0.29, 0.717) is 5.56 Å². The highest BCUT2D eigenvalue weighted by atomic mass is 19.1. The second-order valence-electron chi connectivity index (χ2n) is 7.09. The number of esters is 1. The Hall–Kier alpha value is -5.13. The van der Waals surface area contributed by atoms with E-state index in [1.54, 1.807) is 6.07 Å². The Morgan fingerprint density at radius 2 is 1.78 bits per heavy atom. The number of nitrogens with one attached hydrogen (secondary N) is 2. The Morgan fingerprint density at radius 1 is 1.03 bits per heavy atom. The van der Waals surface area contributed by atoms with Crippen LogP contribution in [0, 0.1) is 15.9 Å². The first-order valence-electron chi connectivity index (χ1n) is 10.3. The third kappa shape index (κ3) is 6.93. The molecule has 3 aromatic carbocycles. The molecule has 0 aliphatic rings. The third-order valence-electron chi connectivity index (χ3n) is 4.60. The van der Waals surface area contributed by atoms with Crippen molar-refractivity contribution in [1.82, 2.24) is 10.7 Å². The quantitative estimate of drug-likeness (QED) is 0.153. The van der Waals surface area contributed by atoms with Crippen LogP contribution in [0.25, 0.3) is 0 Å². The molecule has 0 fully saturated rings. The highest BCUT2D eigenvalue weighted by Crippen LogP contribution is 2.28. The SMILES string of the molecule is COc1cc(C=NNC(=O)CNC(=O)c2cccc(F)c2)ccc1OC(=O)c1ccc([N+](=O)[O-])cc1. The van der Waals surface area contributed by atoms with Crippen molar-refractivity contribution in [2.45, 2.75) is 0 Å². The number of methoxy groups -OCH3 is 1. The number of benzene rings is 3. The smallest absolute Gasteiger partial charge is 0.343 e. The average Bonchev–Trinajstić information content (AvgIpc) is 2.88. The number of carbonyl (C=O) groups excluding carboxylic acids is 3. The van der Waals surface area contributed by atoms with E-state index in [1.165, 1.54) is 67.9 Å². The zero-order valence-electron chi connectivity index (χ0n) is 18.8. The van der Waals surface area contributed by atoms with Crippen molar-refractivity contribution in [1.29, 1.82) is 0 Å². The minimum Gasteiger partial charge on any atom is -0.493 e. The monoisotopic (exact) mass is 494 g/mol. The Kier molecular flexibility index (Phi) is 8.38. The van der Waals surface area contributed by atoms with Crippen molar-refractivity contribution in [3.63, 3.8) is 0 Å². The number of hydrogen-bond acceptors (Lipinski definition) is 8. The topological polar surface area (TPSA) is 149 Å².